The Morgan fingerprint density at radius 3 is 2.82 bits per heavy atom. The van der Waals surface area contributed by atoms with Gasteiger partial charge in [0.1, 0.15) is 29.5 Å². The molecule has 0 bridgehead atoms. The van der Waals surface area contributed by atoms with E-state index in [0.717, 1.165) is 6.20 Å². The van der Waals surface area contributed by atoms with Gasteiger partial charge in [0.25, 0.3) is 0 Å². The third-order valence-corrected chi connectivity index (χ3v) is 5.48. The van der Waals surface area contributed by atoms with E-state index < -0.39 is 11.9 Å². The maximum atomic E-state index is 14.6. The maximum absolute atomic E-state index is 14.6. The zero-order valence-electron chi connectivity index (χ0n) is 17.6. The number of halogens is 2. The quantitative estimate of drug-likeness (QED) is 0.498. The Bertz CT molecular complexity index is 1310. The molecule has 11 heteroatoms. The zero-order chi connectivity index (χ0) is 22.9. The third-order valence-electron chi connectivity index (χ3n) is 5.48. The van der Waals surface area contributed by atoms with Gasteiger partial charge in [0.15, 0.2) is 17.5 Å². The molecule has 0 saturated carbocycles. The Hall–Kier alpha value is -4.15. The number of nitrogens with one attached hydrogen (secondary N) is 1. The fourth-order valence-corrected chi connectivity index (χ4v) is 3.74. The molecule has 1 aromatic carbocycles. The molecule has 5 rings (SSSR count). The predicted molar refractivity (Wildman–Crippen MR) is 114 cm³/mol. The number of amides is 1. The molecule has 1 saturated heterocycles. The normalized spacial score (nSPS) is 16.2. The summed E-state index contributed by atoms with van der Waals surface area (Å²) < 4.78 is 35.4. The van der Waals surface area contributed by atoms with E-state index in [9.17, 15) is 13.6 Å². The van der Waals surface area contributed by atoms with Crippen molar-refractivity contribution in [2.24, 2.45) is 0 Å². The molecule has 9 nitrogen and oxygen atoms in total. The van der Waals surface area contributed by atoms with Gasteiger partial charge in [0.05, 0.1) is 18.4 Å². The van der Waals surface area contributed by atoms with E-state index in [2.05, 4.69) is 25.5 Å². The molecule has 1 atom stereocenters. The number of carbonyl (C=O) groups is 1. The summed E-state index contributed by atoms with van der Waals surface area (Å²) in [4.78, 5) is 22.1. The van der Waals surface area contributed by atoms with Crippen molar-refractivity contribution in [2.75, 3.05) is 18.0 Å². The van der Waals surface area contributed by atoms with Crippen LogP contribution in [0.3, 0.4) is 0 Å². The van der Waals surface area contributed by atoms with Crippen molar-refractivity contribution >= 4 is 11.7 Å². The van der Waals surface area contributed by atoms with Gasteiger partial charge in [0.2, 0.25) is 5.91 Å². The predicted octanol–water partition coefficient (Wildman–Crippen LogP) is 2.65. The highest BCUT2D eigenvalue weighted by Gasteiger charge is 2.29. The van der Waals surface area contributed by atoms with Gasteiger partial charge in [-0.1, -0.05) is 23.4 Å². The molecule has 1 N–H and O–H groups in total. The number of benzene rings is 1. The lowest BCUT2D eigenvalue weighted by Crippen LogP contribution is -2.54. The Balaban J connectivity index is 1.56. The summed E-state index contributed by atoms with van der Waals surface area (Å²) in [5.41, 5.74) is 1.83. The number of rotatable bonds is 5. The Labute approximate surface area is 187 Å². The number of hydrogen-bond acceptors (Lipinski definition) is 7. The largest absolute Gasteiger partial charge is 0.364 e. The first-order valence-corrected chi connectivity index (χ1v) is 10.3. The van der Waals surface area contributed by atoms with Crippen molar-refractivity contribution in [3.63, 3.8) is 0 Å². The second-order valence-corrected chi connectivity index (χ2v) is 7.57. The van der Waals surface area contributed by atoms with E-state index in [1.54, 1.807) is 46.8 Å². The molecule has 1 fully saturated rings. The SMILES string of the molecule is CC1C(=O)NCCN1c1nc(-c2cc(-c3ccon3)n(Cc3ccccc3F)n2)ncc1F. The van der Waals surface area contributed by atoms with Crippen LogP contribution in [0.25, 0.3) is 22.9 Å². The van der Waals surface area contributed by atoms with E-state index in [1.165, 1.54) is 12.3 Å². The van der Waals surface area contributed by atoms with Crippen molar-refractivity contribution in [2.45, 2.75) is 19.5 Å². The summed E-state index contributed by atoms with van der Waals surface area (Å²) in [6.07, 6.45) is 2.48. The van der Waals surface area contributed by atoms with Crippen molar-refractivity contribution in [1.82, 2.24) is 30.2 Å². The highest BCUT2D eigenvalue weighted by molar-refractivity contribution is 5.85. The molecule has 0 spiro atoms. The molecule has 4 heterocycles. The van der Waals surface area contributed by atoms with Gasteiger partial charge < -0.3 is 14.7 Å². The van der Waals surface area contributed by atoms with Gasteiger partial charge in [-0.05, 0) is 19.1 Å². The number of hydrogen-bond donors (Lipinski definition) is 1. The van der Waals surface area contributed by atoms with Crippen LogP contribution in [0.1, 0.15) is 12.5 Å². The standard InChI is InChI=1S/C22H19F2N7O2/c1-13-22(32)25-7-8-30(13)21-16(24)11-26-20(27-21)18-10-19(17-6-9-33-29-17)31(28-18)12-14-4-2-3-5-15(14)23/h2-6,9-11,13H,7-8,12H2,1H3,(H,25,32). The average Bonchev–Trinajstić information content (AvgIpc) is 3.48. The molecule has 1 amide bonds. The van der Waals surface area contributed by atoms with Crippen molar-refractivity contribution < 1.29 is 18.1 Å². The van der Waals surface area contributed by atoms with Gasteiger partial charge >= 0.3 is 0 Å². The summed E-state index contributed by atoms with van der Waals surface area (Å²) in [6.45, 7) is 2.61. The molecule has 33 heavy (non-hydrogen) atoms. The lowest BCUT2D eigenvalue weighted by molar-refractivity contribution is -0.122. The van der Waals surface area contributed by atoms with Gasteiger partial charge in [-0.3, -0.25) is 9.48 Å². The number of anilines is 1. The molecular formula is C22H19F2N7O2. The first-order valence-electron chi connectivity index (χ1n) is 10.3. The Morgan fingerprint density at radius 1 is 1.18 bits per heavy atom. The van der Waals surface area contributed by atoms with Gasteiger partial charge in [0, 0.05) is 24.7 Å². The molecule has 1 unspecified atom stereocenters. The zero-order valence-corrected chi connectivity index (χ0v) is 17.6. The second-order valence-electron chi connectivity index (χ2n) is 7.57. The monoisotopic (exact) mass is 451 g/mol. The number of carbonyl (C=O) groups excluding carboxylic acids is 1. The highest BCUT2D eigenvalue weighted by atomic mass is 19.1. The van der Waals surface area contributed by atoms with Crippen LogP contribution in [0.4, 0.5) is 14.6 Å². The van der Waals surface area contributed by atoms with Gasteiger partial charge in [-0.25, -0.2) is 18.7 Å². The summed E-state index contributed by atoms with van der Waals surface area (Å²) in [6, 6.07) is 9.15. The molecule has 0 aliphatic carbocycles. The van der Waals surface area contributed by atoms with E-state index in [4.69, 9.17) is 4.52 Å². The topological polar surface area (TPSA) is 102 Å². The molecule has 4 aromatic rings. The Kier molecular flexibility index (Phi) is 5.29. The molecule has 3 aromatic heterocycles. The number of aromatic nitrogens is 5. The van der Waals surface area contributed by atoms with Crippen LogP contribution >= 0.6 is 0 Å². The summed E-state index contributed by atoms with van der Waals surface area (Å²) in [5.74, 6) is -1.01. The first-order chi connectivity index (χ1) is 16.0. The molecule has 0 radical (unpaired) electrons. The minimum absolute atomic E-state index is 0.0222. The maximum Gasteiger partial charge on any atom is 0.242 e. The van der Waals surface area contributed by atoms with Crippen LogP contribution < -0.4 is 10.2 Å². The number of nitrogens with zero attached hydrogens (tertiary/aromatic N) is 6. The van der Waals surface area contributed by atoms with Crippen LogP contribution in [-0.4, -0.2) is 49.9 Å². The van der Waals surface area contributed by atoms with E-state index in [-0.39, 0.29) is 29.9 Å². The molecule has 1 aliphatic heterocycles. The highest BCUT2D eigenvalue weighted by Crippen LogP contribution is 2.27. The smallest absolute Gasteiger partial charge is 0.242 e. The average molecular weight is 451 g/mol. The fraction of sp³-hybridized carbons (Fsp3) is 0.227. The van der Waals surface area contributed by atoms with E-state index >= 15 is 0 Å². The lowest BCUT2D eigenvalue weighted by atomic mass is 10.2. The van der Waals surface area contributed by atoms with E-state index in [1.807, 2.05) is 0 Å². The minimum Gasteiger partial charge on any atom is -0.364 e. The third kappa shape index (κ3) is 3.93. The number of piperazine rings is 1. The van der Waals surface area contributed by atoms with Crippen LogP contribution in [0.5, 0.6) is 0 Å². The van der Waals surface area contributed by atoms with Crippen LogP contribution in [0.2, 0.25) is 0 Å². The summed E-state index contributed by atoms with van der Waals surface area (Å²) >= 11 is 0. The first kappa shape index (κ1) is 20.7. The lowest BCUT2D eigenvalue weighted by Gasteiger charge is -2.33. The van der Waals surface area contributed by atoms with Gasteiger partial charge in [-0.2, -0.15) is 5.10 Å². The van der Waals surface area contributed by atoms with Crippen LogP contribution in [0.15, 0.2) is 53.4 Å². The summed E-state index contributed by atoms with van der Waals surface area (Å²) in [5, 5.41) is 11.2. The van der Waals surface area contributed by atoms with Crippen molar-refractivity contribution in [3.05, 3.63) is 66.1 Å². The molecule has 168 valence electrons. The fourth-order valence-electron chi connectivity index (χ4n) is 3.74. The minimum atomic E-state index is -0.636. The van der Waals surface area contributed by atoms with Crippen molar-refractivity contribution in [3.8, 4) is 22.9 Å². The molecule has 1 aliphatic rings. The van der Waals surface area contributed by atoms with Crippen molar-refractivity contribution in [1.29, 1.82) is 0 Å². The van der Waals surface area contributed by atoms with E-state index in [0.29, 0.717) is 35.7 Å². The van der Waals surface area contributed by atoms with Crippen LogP contribution in [-0.2, 0) is 11.3 Å². The Morgan fingerprint density at radius 2 is 2.03 bits per heavy atom. The summed E-state index contributed by atoms with van der Waals surface area (Å²) in [7, 11) is 0. The second kappa shape index (κ2) is 8.41. The van der Waals surface area contributed by atoms with Gasteiger partial charge in [-0.15, -0.1) is 0 Å². The molecular weight excluding hydrogens is 432 g/mol. The van der Waals surface area contributed by atoms with Crippen LogP contribution in [0, 0.1) is 11.6 Å².